The summed E-state index contributed by atoms with van der Waals surface area (Å²) < 4.78 is 15.0. The highest BCUT2D eigenvalue weighted by Gasteiger charge is 2.32. The molecule has 0 aromatic rings. The quantitative estimate of drug-likeness (QED) is 0.166. The summed E-state index contributed by atoms with van der Waals surface area (Å²) in [6, 6.07) is -3.17. The van der Waals surface area contributed by atoms with Crippen molar-refractivity contribution < 1.29 is 43.0 Å². The standard InChI is InChI=1S/C23H40N4O9/c1-10(2)16(24)21(31)36-14(8)20(30)27-17(11(3)4)22(32)34-9-15(28)26-18(12(5)6)23(33)35-13(7)19(25)29/h10-14,16-18H,9,24H2,1-8H3,(H2,25,29)(H,26,28)(H,27,30)/t13-,14-,16?,17-,18?/m0/s1. The zero-order valence-electron chi connectivity index (χ0n) is 22.2. The minimum atomic E-state index is -1.22. The van der Waals surface area contributed by atoms with E-state index in [9.17, 15) is 28.8 Å². The Morgan fingerprint density at radius 2 is 1.14 bits per heavy atom. The van der Waals surface area contributed by atoms with E-state index >= 15 is 0 Å². The molecule has 6 N–H and O–H groups in total. The first-order chi connectivity index (χ1) is 16.5. The Hall–Kier alpha value is -3.22. The summed E-state index contributed by atoms with van der Waals surface area (Å²) in [5, 5.41) is 4.83. The van der Waals surface area contributed by atoms with Gasteiger partial charge < -0.3 is 36.3 Å². The fourth-order valence-corrected chi connectivity index (χ4v) is 2.59. The predicted octanol–water partition coefficient (Wildman–Crippen LogP) is -0.857. The summed E-state index contributed by atoms with van der Waals surface area (Å²) in [5.41, 5.74) is 10.8. The third-order valence-corrected chi connectivity index (χ3v) is 5.15. The molecule has 0 aromatic carbocycles. The van der Waals surface area contributed by atoms with E-state index in [2.05, 4.69) is 10.6 Å². The van der Waals surface area contributed by atoms with Gasteiger partial charge in [-0.1, -0.05) is 41.5 Å². The maximum atomic E-state index is 12.6. The molecule has 0 saturated carbocycles. The van der Waals surface area contributed by atoms with Crippen molar-refractivity contribution in [1.29, 1.82) is 0 Å². The molecule has 0 aliphatic carbocycles. The van der Waals surface area contributed by atoms with Crippen LogP contribution in [0.2, 0.25) is 0 Å². The molecule has 2 unspecified atom stereocenters. The van der Waals surface area contributed by atoms with Gasteiger partial charge in [0.05, 0.1) is 0 Å². The van der Waals surface area contributed by atoms with Crippen LogP contribution in [0.3, 0.4) is 0 Å². The molecule has 13 heteroatoms. The zero-order valence-corrected chi connectivity index (χ0v) is 22.2. The molecule has 0 spiro atoms. The molecule has 0 aliphatic rings. The number of hydrogen-bond acceptors (Lipinski definition) is 10. The Balaban J connectivity index is 5.03. The van der Waals surface area contributed by atoms with Crippen LogP contribution in [-0.4, -0.2) is 72.6 Å². The van der Waals surface area contributed by atoms with Crippen LogP contribution in [0.1, 0.15) is 55.4 Å². The van der Waals surface area contributed by atoms with Crippen LogP contribution < -0.4 is 22.1 Å². The molecule has 0 aliphatic heterocycles. The second kappa shape index (κ2) is 15.0. The van der Waals surface area contributed by atoms with E-state index in [1.165, 1.54) is 13.8 Å². The van der Waals surface area contributed by atoms with E-state index in [1.807, 2.05) is 0 Å². The second-order valence-electron chi connectivity index (χ2n) is 9.46. The molecule has 0 saturated heterocycles. The Morgan fingerprint density at radius 1 is 0.667 bits per heavy atom. The van der Waals surface area contributed by atoms with Crippen molar-refractivity contribution in [2.75, 3.05) is 6.61 Å². The number of primary amides is 1. The minimum Gasteiger partial charge on any atom is -0.454 e. The van der Waals surface area contributed by atoms with Gasteiger partial charge in [-0.2, -0.15) is 0 Å². The number of hydrogen-bond donors (Lipinski definition) is 4. The van der Waals surface area contributed by atoms with Gasteiger partial charge in [-0.25, -0.2) is 9.59 Å². The van der Waals surface area contributed by atoms with Crippen LogP contribution >= 0.6 is 0 Å². The van der Waals surface area contributed by atoms with Gasteiger partial charge in [-0.15, -0.1) is 0 Å². The second-order valence-corrected chi connectivity index (χ2v) is 9.46. The van der Waals surface area contributed by atoms with Crippen molar-refractivity contribution in [2.24, 2.45) is 29.2 Å². The summed E-state index contributed by atoms with van der Waals surface area (Å²) in [5.74, 6) is -5.96. The highest BCUT2D eigenvalue weighted by atomic mass is 16.6. The number of nitrogens with one attached hydrogen (secondary N) is 2. The number of esters is 3. The molecule has 0 rings (SSSR count). The Bertz CT molecular complexity index is 813. The summed E-state index contributed by atoms with van der Waals surface area (Å²) in [6.45, 7) is 11.9. The molecule has 206 valence electrons. The van der Waals surface area contributed by atoms with E-state index in [1.54, 1.807) is 41.5 Å². The zero-order chi connectivity index (χ0) is 28.3. The van der Waals surface area contributed by atoms with Crippen molar-refractivity contribution >= 4 is 35.6 Å². The number of ether oxygens (including phenoxy) is 3. The van der Waals surface area contributed by atoms with Crippen LogP contribution in [0, 0.1) is 17.8 Å². The minimum absolute atomic E-state index is 0.194. The van der Waals surface area contributed by atoms with Gasteiger partial charge in [-0.3, -0.25) is 19.2 Å². The molecule has 36 heavy (non-hydrogen) atoms. The third-order valence-electron chi connectivity index (χ3n) is 5.15. The lowest BCUT2D eigenvalue weighted by Gasteiger charge is -2.24. The molecular weight excluding hydrogens is 476 g/mol. The first-order valence-corrected chi connectivity index (χ1v) is 11.7. The molecule has 0 bridgehead atoms. The van der Waals surface area contributed by atoms with E-state index in [4.69, 9.17) is 25.7 Å². The smallest absolute Gasteiger partial charge is 0.329 e. The van der Waals surface area contributed by atoms with Crippen LogP contribution in [0.4, 0.5) is 0 Å². The largest absolute Gasteiger partial charge is 0.454 e. The van der Waals surface area contributed by atoms with Crippen molar-refractivity contribution in [3.05, 3.63) is 0 Å². The van der Waals surface area contributed by atoms with Gasteiger partial charge >= 0.3 is 17.9 Å². The highest BCUT2D eigenvalue weighted by Crippen LogP contribution is 2.09. The van der Waals surface area contributed by atoms with Crippen molar-refractivity contribution in [1.82, 2.24) is 10.6 Å². The van der Waals surface area contributed by atoms with Gasteiger partial charge in [0.1, 0.15) is 18.1 Å². The summed E-state index contributed by atoms with van der Waals surface area (Å²) in [4.78, 5) is 72.7. The fourth-order valence-electron chi connectivity index (χ4n) is 2.59. The van der Waals surface area contributed by atoms with E-state index < -0.39 is 84.4 Å². The van der Waals surface area contributed by atoms with Crippen LogP contribution in [-0.2, 0) is 43.0 Å². The van der Waals surface area contributed by atoms with Crippen molar-refractivity contribution in [3.8, 4) is 0 Å². The van der Waals surface area contributed by atoms with Gasteiger partial charge in [0.25, 0.3) is 17.7 Å². The summed E-state index contributed by atoms with van der Waals surface area (Å²) in [6.07, 6.45) is -2.41. The molecule has 3 amide bonds. The van der Waals surface area contributed by atoms with Gasteiger partial charge in [0.2, 0.25) is 0 Å². The average Bonchev–Trinajstić information content (AvgIpc) is 2.77. The lowest BCUT2D eigenvalue weighted by atomic mass is 10.0. The van der Waals surface area contributed by atoms with Crippen molar-refractivity contribution in [2.45, 2.75) is 85.7 Å². The van der Waals surface area contributed by atoms with Crippen LogP contribution in [0.15, 0.2) is 0 Å². The maximum Gasteiger partial charge on any atom is 0.329 e. The van der Waals surface area contributed by atoms with Crippen LogP contribution in [0.5, 0.6) is 0 Å². The summed E-state index contributed by atoms with van der Waals surface area (Å²) >= 11 is 0. The van der Waals surface area contributed by atoms with Gasteiger partial charge in [-0.05, 0) is 31.6 Å². The van der Waals surface area contributed by atoms with Crippen LogP contribution in [0.25, 0.3) is 0 Å². The fraction of sp³-hybridized carbons (Fsp3) is 0.739. The number of carbonyl (C=O) groups is 6. The van der Waals surface area contributed by atoms with Gasteiger partial charge in [0, 0.05) is 0 Å². The molecule has 0 fully saturated rings. The van der Waals surface area contributed by atoms with Crippen molar-refractivity contribution in [3.63, 3.8) is 0 Å². The average molecular weight is 517 g/mol. The SMILES string of the molecule is CC(C)C(N)C(=O)O[C@@H](C)C(=O)N[C@H](C(=O)OCC(=O)NC(C(=O)O[C@@H](C)C(N)=O)C(C)C)C(C)C. The molecular formula is C23H40N4O9. The summed E-state index contributed by atoms with van der Waals surface area (Å²) in [7, 11) is 0. The normalized spacial score (nSPS) is 15.3. The monoisotopic (exact) mass is 516 g/mol. The lowest BCUT2D eigenvalue weighted by Crippen LogP contribution is -2.51. The Labute approximate surface area is 211 Å². The Morgan fingerprint density at radius 3 is 1.58 bits per heavy atom. The number of carbonyl (C=O) groups excluding carboxylic acids is 6. The number of rotatable bonds is 14. The molecule has 0 heterocycles. The first-order valence-electron chi connectivity index (χ1n) is 11.7. The van der Waals surface area contributed by atoms with Gasteiger partial charge in [0.15, 0.2) is 18.8 Å². The molecule has 13 nitrogen and oxygen atoms in total. The molecule has 5 atom stereocenters. The van der Waals surface area contributed by atoms with E-state index in [-0.39, 0.29) is 5.92 Å². The predicted molar refractivity (Wildman–Crippen MR) is 128 cm³/mol. The Kier molecular flexibility index (Phi) is 13.7. The third kappa shape index (κ3) is 11.0. The topological polar surface area (TPSA) is 206 Å². The first kappa shape index (κ1) is 32.8. The highest BCUT2D eigenvalue weighted by molar-refractivity contribution is 5.91. The van der Waals surface area contributed by atoms with E-state index in [0.29, 0.717) is 0 Å². The molecule has 0 radical (unpaired) electrons. The number of nitrogens with two attached hydrogens (primary N) is 2. The lowest BCUT2D eigenvalue weighted by molar-refractivity contribution is -0.160. The maximum absolute atomic E-state index is 12.6. The molecule has 0 aromatic heterocycles. The van der Waals surface area contributed by atoms with E-state index in [0.717, 1.165) is 0 Å². The number of amides is 3.